The average Bonchev–Trinajstić information content (AvgIpc) is 2.67. The van der Waals surface area contributed by atoms with Crippen LogP contribution in [0.2, 0.25) is 5.15 Å². The number of rotatable bonds is 6. The Morgan fingerprint density at radius 1 is 1.07 bits per heavy atom. The number of benzene rings is 1. The first-order chi connectivity index (χ1) is 12.8. The number of guanidine groups is 1. The Balaban J connectivity index is 0.00000261. The van der Waals surface area contributed by atoms with E-state index in [4.69, 9.17) is 11.6 Å². The van der Waals surface area contributed by atoms with Crippen molar-refractivity contribution in [1.29, 1.82) is 0 Å². The lowest BCUT2D eigenvalue weighted by Gasteiger charge is -2.11. The molecular formula is C20H23ClIN5. The number of nitrogens with zero attached hydrogens (tertiary/aromatic N) is 3. The van der Waals surface area contributed by atoms with Crippen LogP contribution in [0.25, 0.3) is 10.8 Å². The average molecular weight is 496 g/mol. The van der Waals surface area contributed by atoms with Crippen LogP contribution in [0.5, 0.6) is 0 Å². The zero-order valence-corrected chi connectivity index (χ0v) is 18.2. The van der Waals surface area contributed by atoms with Crippen molar-refractivity contribution >= 4 is 52.3 Å². The Morgan fingerprint density at radius 2 is 1.93 bits per heavy atom. The predicted molar refractivity (Wildman–Crippen MR) is 123 cm³/mol. The van der Waals surface area contributed by atoms with E-state index in [0.717, 1.165) is 42.1 Å². The van der Waals surface area contributed by atoms with Crippen molar-refractivity contribution in [3.05, 3.63) is 71.3 Å². The van der Waals surface area contributed by atoms with E-state index < -0.39 is 0 Å². The van der Waals surface area contributed by atoms with E-state index in [0.29, 0.717) is 11.7 Å². The lowest BCUT2D eigenvalue weighted by Crippen LogP contribution is -2.38. The molecule has 5 nitrogen and oxygen atoms in total. The Labute approximate surface area is 181 Å². The van der Waals surface area contributed by atoms with Crippen molar-refractivity contribution in [1.82, 2.24) is 20.6 Å². The molecule has 7 heteroatoms. The smallest absolute Gasteiger partial charge is 0.191 e. The highest BCUT2D eigenvalue weighted by atomic mass is 127. The summed E-state index contributed by atoms with van der Waals surface area (Å²) in [7, 11) is 0. The molecule has 0 unspecified atom stereocenters. The molecule has 0 aliphatic rings. The lowest BCUT2D eigenvalue weighted by atomic mass is 10.1. The maximum absolute atomic E-state index is 5.82. The van der Waals surface area contributed by atoms with Crippen LogP contribution >= 0.6 is 35.6 Å². The zero-order valence-electron chi connectivity index (χ0n) is 15.2. The third-order valence-electron chi connectivity index (χ3n) is 3.98. The molecule has 0 bridgehead atoms. The van der Waals surface area contributed by atoms with Gasteiger partial charge >= 0.3 is 0 Å². The minimum Gasteiger partial charge on any atom is -0.357 e. The van der Waals surface area contributed by atoms with E-state index in [9.17, 15) is 0 Å². The van der Waals surface area contributed by atoms with Gasteiger partial charge in [0.15, 0.2) is 5.96 Å². The van der Waals surface area contributed by atoms with Gasteiger partial charge in [-0.1, -0.05) is 41.9 Å². The Hall–Kier alpha value is -1.93. The van der Waals surface area contributed by atoms with Gasteiger partial charge < -0.3 is 10.6 Å². The fourth-order valence-corrected chi connectivity index (χ4v) is 2.80. The fraction of sp³-hybridized carbons (Fsp3) is 0.250. The first kappa shape index (κ1) is 21.4. The first-order valence-electron chi connectivity index (χ1n) is 8.71. The van der Waals surface area contributed by atoms with Crippen LogP contribution in [0.3, 0.4) is 0 Å². The van der Waals surface area contributed by atoms with Crippen molar-refractivity contribution in [3.8, 4) is 0 Å². The number of hydrogen-bond donors (Lipinski definition) is 2. The van der Waals surface area contributed by atoms with Gasteiger partial charge in [-0.05, 0) is 36.4 Å². The van der Waals surface area contributed by atoms with Crippen LogP contribution < -0.4 is 10.6 Å². The molecule has 0 saturated heterocycles. The van der Waals surface area contributed by atoms with Gasteiger partial charge in [-0.2, -0.15) is 0 Å². The molecule has 0 saturated carbocycles. The second-order valence-corrected chi connectivity index (χ2v) is 6.23. The number of aliphatic imine (C=N–C) groups is 1. The SMILES string of the molecule is CCNC(=NCc1nccc2ccccc12)NCCc1ccc(Cl)nc1.I. The molecular weight excluding hydrogens is 473 g/mol. The van der Waals surface area contributed by atoms with Crippen LogP contribution in [0, 0.1) is 0 Å². The maximum atomic E-state index is 5.82. The van der Waals surface area contributed by atoms with Gasteiger partial charge in [-0.3, -0.25) is 4.98 Å². The van der Waals surface area contributed by atoms with E-state index in [2.05, 4.69) is 44.7 Å². The Kier molecular flexibility index (Phi) is 8.74. The highest BCUT2D eigenvalue weighted by Crippen LogP contribution is 2.16. The van der Waals surface area contributed by atoms with E-state index in [1.165, 1.54) is 5.39 Å². The van der Waals surface area contributed by atoms with Gasteiger partial charge in [0, 0.05) is 30.9 Å². The topological polar surface area (TPSA) is 62.2 Å². The summed E-state index contributed by atoms with van der Waals surface area (Å²) in [6, 6.07) is 14.1. The zero-order chi connectivity index (χ0) is 18.2. The van der Waals surface area contributed by atoms with Crippen molar-refractivity contribution < 1.29 is 0 Å². The van der Waals surface area contributed by atoms with Gasteiger partial charge in [0.25, 0.3) is 0 Å². The molecule has 27 heavy (non-hydrogen) atoms. The van der Waals surface area contributed by atoms with Crippen LogP contribution in [0.1, 0.15) is 18.2 Å². The summed E-state index contributed by atoms with van der Waals surface area (Å²) < 4.78 is 0. The Bertz CT molecular complexity index is 878. The molecule has 0 aliphatic heterocycles. The second kappa shape index (κ2) is 11.0. The molecule has 3 rings (SSSR count). The summed E-state index contributed by atoms with van der Waals surface area (Å²) in [6.45, 7) is 4.14. The highest BCUT2D eigenvalue weighted by molar-refractivity contribution is 14.0. The molecule has 0 aliphatic carbocycles. The van der Waals surface area contributed by atoms with Crippen molar-refractivity contribution in [3.63, 3.8) is 0 Å². The summed E-state index contributed by atoms with van der Waals surface area (Å²) in [5.74, 6) is 0.782. The standard InChI is InChI=1S/C20H22ClN5.HI/c1-2-22-20(24-11-9-15-7-8-19(21)25-13-15)26-14-18-17-6-4-3-5-16(17)10-12-23-18;/h3-8,10,12-13H,2,9,11,14H2,1H3,(H2,22,24,26);1H. The molecule has 0 fully saturated rings. The molecule has 0 amide bonds. The normalized spacial score (nSPS) is 11.1. The lowest BCUT2D eigenvalue weighted by molar-refractivity contribution is 0.796. The number of hydrogen-bond acceptors (Lipinski definition) is 3. The number of halogens is 2. The van der Waals surface area contributed by atoms with E-state index in [1.807, 2.05) is 36.5 Å². The second-order valence-electron chi connectivity index (χ2n) is 5.84. The van der Waals surface area contributed by atoms with E-state index in [1.54, 1.807) is 6.20 Å². The van der Waals surface area contributed by atoms with Crippen LogP contribution in [-0.4, -0.2) is 29.0 Å². The molecule has 0 atom stereocenters. The third-order valence-corrected chi connectivity index (χ3v) is 4.21. The summed E-state index contributed by atoms with van der Waals surface area (Å²) in [5.41, 5.74) is 2.11. The fourth-order valence-electron chi connectivity index (χ4n) is 2.68. The summed E-state index contributed by atoms with van der Waals surface area (Å²) in [4.78, 5) is 13.3. The van der Waals surface area contributed by atoms with Crippen molar-refractivity contribution in [2.45, 2.75) is 19.9 Å². The van der Waals surface area contributed by atoms with Gasteiger partial charge in [-0.15, -0.1) is 24.0 Å². The highest BCUT2D eigenvalue weighted by Gasteiger charge is 2.03. The van der Waals surface area contributed by atoms with Crippen molar-refractivity contribution in [2.24, 2.45) is 4.99 Å². The van der Waals surface area contributed by atoms with E-state index in [-0.39, 0.29) is 24.0 Å². The van der Waals surface area contributed by atoms with E-state index >= 15 is 0 Å². The van der Waals surface area contributed by atoms with Gasteiger partial charge in [0.2, 0.25) is 0 Å². The number of nitrogens with one attached hydrogen (secondary N) is 2. The number of fused-ring (bicyclic) bond motifs is 1. The van der Waals surface area contributed by atoms with Gasteiger partial charge in [0.1, 0.15) is 5.15 Å². The molecule has 2 heterocycles. The molecule has 2 N–H and O–H groups in total. The van der Waals surface area contributed by atoms with Crippen LogP contribution in [0.15, 0.2) is 59.9 Å². The molecule has 2 aromatic heterocycles. The minimum absolute atomic E-state index is 0. The summed E-state index contributed by atoms with van der Waals surface area (Å²) in [6.07, 6.45) is 4.48. The van der Waals surface area contributed by atoms with Gasteiger partial charge in [-0.25, -0.2) is 9.98 Å². The van der Waals surface area contributed by atoms with Crippen LogP contribution in [-0.2, 0) is 13.0 Å². The minimum atomic E-state index is 0. The molecule has 142 valence electrons. The first-order valence-corrected chi connectivity index (χ1v) is 9.09. The predicted octanol–water partition coefficient (Wildman–Crippen LogP) is 4.20. The van der Waals surface area contributed by atoms with Crippen molar-refractivity contribution in [2.75, 3.05) is 13.1 Å². The number of pyridine rings is 2. The van der Waals surface area contributed by atoms with Crippen LogP contribution in [0.4, 0.5) is 0 Å². The third kappa shape index (κ3) is 6.32. The monoisotopic (exact) mass is 495 g/mol. The van der Waals surface area contributed by atoms with Gasteiger partial charge in [0.05, 0.1) is 12.2 Å². The Morgan fingerprint density at radius 3 is 2.70 bits per heavy atom. The summed E-state index contributed by atoms with van der Waals surface area (Å²) in [5, 5.41) is 9.46. The quantitative estimate of drug-likeness (QED) is 0.233. The largest absolute Gasteiger partial charge is 0.357 e. The molecule has 0 radical (unpaired) electrons. The maximum Gasteiger partial charge on any atom is 0.191 e. The summed E-state index contributed by atoms with van der Waals surface area (Å²) >= 11 is 5.82. The molecule has 0 spiro atoms. The number of aromatic nitrogens is 2. The molecule has 1 aromatic carbocycles. The molecule has 3 aromatic rings.